The fourth-order valence-electron chi connectivity index (χ4n) is 2.87. The van der Waals surface area contributed by atoms with Gasteiger partial charge in [-0.1, -0.05) is 0 Å². The van der Waals surface area contributed by atoms with E-state index in [-0.39, 0.29) is 23.8 Å². The summed E-state index contributed by atoms with van der Waals surface area (Å²) in [5.74, 6) is 0. The first-order valence-electron chi connectivity index (χ1n) is 6.86. The quantitative estimate of drug-likeness (QED) is 0.616. The first-order chi connectivity index (χ1) is 8.65. The molecule has 0 aliphatic carbocycles. The third-order valence-corrected chi connectivity index (χ3v) is 4.14. The Bertz CT molecular complexity index is 297. The molecule has 5 nitrogen and oxygen atoms in total. The zero-order chi connectivity index (χ0) is 14.7. The van der Waals surface area contributed by atoms with Crippen LogP contribution >= 0.6 is 0 Å². The van der Waals surface area contributed by atoms with Gasteiger partial charge in [0, 0.05) is 17.5 Å². The molecule has 1 rings (SSSR count). The lowest BCUT2D eigenvalue weighted by Crippen LogP contribution is -2.60. The molecule has 1 saturated heterocycles. The molecule has 0 amide bonds. The molecule has 19 heavy (non-hydrogen) atoms. The number of rotatable bonds is 5. The largest absolute Gasteiger partial charge is 0.505 e. The normalized spacial score (nSPS) is 23.2. The lowest BCUT2D eigenvalue weighted by molar-refractivity contribution is -0.0929. The van der Waals surface area contributed by atoms with Gasteiger partial charge in [0.15, 0.2) is 0 Å². The summed E-state index contributed by atoms with van der Waals surface area (Å²) in [7, 11) is 2.16. The Balaban J connectivity index is 2.37. The molecule has 0 aromatic heterocycles. The van der Waals surface area contributed by atoms with Crippen molar-refractivity contribution in [1.82, 2.24) is 4.90 Å². The minimum absolute atomic E-state index is 0.115. The molecule has 0 aromatic rings. The molecule has 1 fully saturated rings. The zero-order valence-corrected chi connectivity index (χ0v) is 12.7. The van der Waals surface area contributed by atoms with Crippen LogP contribution in [-0.2, 0) is 9.47 Å². The van der Waals surface area contributed by atoms with Crippen molar-refractivity contribution in [2.75, 3.05) is 20.3 Å². The van der Waals surface area contributed by atoms with Gasteiger partial charge in [0.1, 0.15) is 0 Å². The van der Waals surface area contributed by atoms with E-state index in [1.807, 2.05) is 0 Å². The third kappa shape index (κ3) is 4.66. The highest BCUT2D eigenvalue weighted by molar-refractivity contribution is 5.56. The molecule has 0 bridgehead atoms. The van der Waals surface area contributed by atoms with Gasteiger partial charge in [0.25, 0.3) is 0 Å². The monoisotopic (exact) mass is 273 g/mol. The van der Waals surface area contributed by atoms with E-state index < -0.39 is 6.16 Å². The summed E-state index contributed by atoms with van der Waals surface area (Å²) < 4.78 is 10.3. The smallest absolute Gasteiger partial charge is 0.450 e. The van der Waals surface area contributed by atoms with Gasteiger partial charge < -0.3 is 14.6 Å². The molecule has 5 heteroatoms. The fraction of sp³-hybridized carbons (Fsp3) is 0.929. The van der Waals surface area contributed by atoms with E-state index in [0.29, 0.717) is 13.0 Å². The number of nitrogens with zero attached hydrogens (tertiary/aromatic N) is 1. The van der Waals surface area contributed by atoms with Crippen LogP contribution in [-0.4, -0.2) is 53.6 Å². The maximum Gasteiger partial charge on any atom is 0.505 e. The lowest BCUT2D eigenvalue weighted by Gasteiger charge is -2.53. The van der Waals surface area contributed by atoms with Crippen molar-refractivity contribution in [3.63, 3.8) is 0 Å². The highest BCUT2D eigenvalue weighted by atomic mass is 16.7. The molecule has 0 saturated carbocycles. The van der Waals surface area contributed by atoms with Gasteiger partial charge >= 0.3 is 6.16 Å². The Morgan fingerprint density at radius 1 is 1.21 bits per heavy atom. The van der Waals surface area contributed by atoms with Gasteiger partial charge in [-0.25, -0.2) is 4.79 Å². The van der Waals surface area contributed by atoms with Crippen molar-refractivity contribution in [2.45, 2.75) is 64.1 Å². The van der Waals surface area contributed by atoms with E-state index in [2.05, 4.69) is 44.4 Å². The molecule has 1 aliphatic heterocycles. The van der Waals surface area contributed by atoms with Crippen LogP contribution in [0.15, 0.2) is 0 Å². The summed E-state index contributed by atoms with van der Waals surface area (Å²) in [5.41, 5.74) is 0.230. The molecule has 112 valence electrons. The van der Waals surface area contributed by atoms with Crippen LogP contribution in [0.4, 0.5) is 4.79 Å². The number of ether oxygens (including phenoxy) is 2. The Labute approximate surface area is 115 Å². The summed E-state index contributed by atoms with van der Waals surface area (Å²) in [4.78, 5) is 12.6. The van der Waals surface area contributed by atoms with Crippen molar-refractivity contribution in [3.8, 4) is 0 Å². The van der Waals surface area contributed by atoms with Crippen LogP contribution in [0.3, 0.4) is 0 Å². The van der Waals surface area contributed by atoms with Crippen LogP contribution in [0.1, 0.15) is 47.0 Å². The van der Waals surface area contributed by atoms with E-state index in [9.17, 15) is 4.79 Å². The maximum atomic E-state index is 10.2. The van der Waals surface area contributed by atoms with Crippen LogP contribution < -0.4 is 0 Å². The molecular weight excluding hydrogens is 246 g/mol. The Morgan fingerprint density at radius 3 is 2.21 bits per heavy atom. The lowest BCUT2D eigenvalue weighted by atomic mass is 9.79. The zero-order valence-electron chi connectivity index (χ0n) is 12.7. The highest BCUT2D eigenvalue weighted by Crippen LogP contribution is 2.37. The summed E-state index contributed by atoms with van der Waals surface area (Å²) in [6.07, 6.45) is 1.60. The summed E-state index contributed by atoms with van der Waals surface area (Å²) in [6.45, 7) is 9.69. The predicted molar refractivity (Wildman–Crippen MR) is 73.5 cm³/mol. The second kappa shape index (κ2) is 6.09. The van der Waals surface area contributed by atoms with Crippen LogP contribution in [0.5, 0.6) is 0 Å². The molecule has 0 radical (unpaired) electrons. The summed E-state index contributed by atoms with van der Waals surface area (Å²) >= 11 is 0. The molecule has 1 heterocycles. The highest BCUT2D eigenvalue weighted by Gasteiger charge is 2.43. The topological polar surface area (TPSA) is 59.0 Å². The van der Waals surface area contributed by atoms with E-state index in [1.54, 1.807) is 0 Å². The van der Waals surface area contributed by atoms with Gasteiger partial charge in [0.05, 0.1) is 19.3 Å². The second-order valence-electron chi connectivity index (χ2n) is 6.55. The summed E-state index contributed by atoms with van der Waals surface area (Å²) in [6, 6.07) is 0. The minimum atomic E-state index is -1.22. The maximum absolute atomic E-state index is 10.2. The third-order valence-electron chi connectivity index (χ3n) is 4.14. The standard InChI is InChI=1S/C14H27NO4/c1-13(2)9-11(10-14(3,4)15(13)5)18-7-6-8-19-12(16)17/h11H,6-10H2,1-5H3,(H,16,17). The summed E-state index contributed by atoms with van der Waals surface area (Å²) in [5, 5.41) is 8.36. The number of carbonyl (C=O) groups is 1. The van der Waals surface area contributed by atoms with Crippen LogP contribution in [0, 0.1) is 0 Å². The van der Waals surface area contributed by atoms with Crippen molar-refractivity contribution >= 4 is 6.16 Å². The number of carboxylic acid groups (broad SMARTS) is 1. The van der Waals surface area contributed by atoms with Crippen molar-refractivity contribution < 1.29 is 19.4 Å². The number of piperidine rings is 1. The first kappa shape index (κ1) is 16.2. The number of likely N-dealkylation sites (tertiary alicyclic amines) is 1. The van der Waals surface area contributed by atoms with E-state index in [1.165, 1.54) is 0 Å². The second-order valence-corrected chi connectivity index (χ2v) is 6.55. The molecule has 1 N–H and O–H groups in total. The molecule has 0 unspecified atom stereocenters. The van der Waals surface area contributed by atoms with Crippen molar-refractivity contribution in [3.05, 3.63) is 0 Å². The molecular formula is C14H27NO4. The average molecular weight is 273 g/mol. The van der Waals surface area contributed by atoms with Crippen molar-refractivity contribution in [2.24, 2.45) is 0 Å². The number of hydrogen-bond acceptors (Lipinski definition) is 4. The van der Waals surface area contributed by atoms with Gasteiger partial charge in [0.2, 0.25) is 0 Å². The molecule has 0 atom stereocenters. The molecule has 0 spiro atoms. The SMILES string of the molecule is CN1C(C)(C)CC(OCCCOC(=O)O)CC1(C)C. The van der Waals surface area contributed by atoms with Gasteiger partial charge in [-0.2, -0.15) is 0 Å². The van der Waals surface area contributed by atoms with Crippen molar-refractivity contribution in [1.29, 1.82) is 0 Å². The van der Waals surface area contributed by atoms with E-state index >= 15 is 0 Å². The van der Waals surface area contributed by atoms with Crippen LogP contribution in [0.25, 0.3) is 0 Å². The fourth-order valence-corrected chi connectivity index (χ4v) is 2.87. The van der Waals surface area contributed by atoms with E-state index in [4.69, 9.17) is 9.84 Å². The molecule has 0 aromatic carbocycles. The van der Waals surface area contributed by atoms with Gasteiger partial charge in [-0.05, 0) is 47.6 Å². The Kier molecular flexibility index (Phi) is 5.21. The Hall–Kier alpha value is -0.810. The van der Waals surface area contributed by atoms with Crippen LogP contribution in [0.2, 0.25) is 0 Å². The average Bonchev–Trinajstić information content (AvgIpc) is 2.24. The van der Waals surface area contributed by atoms with Gasteiger partial charge in [-0.3, -0.25) is 4.90 Å². The Morgan fingerprint density at radius 2 is 1.74 bits per heavy atom. The van der Waals surface area contributed by atoms with E-state index in [0.717, 1.165) is 12.8 Å². The predicted octanol–water partition coefficient (Wildman–Crippen LogP) is 2.74. The van der Waals surface area contributed by atoms with Gasteiger partial charge in [-0.15, -0.1) is 0 Å². The minimum Gasteiger partial charge on any atom is -0.450 e. The number of hydrogen-bond donors (Lipinski definition) is 1. The molecule has 1 aliphatic rings. The first-order valence-corrected chi connectivity index (χ1v) is 6.86.